The zero-order chi connectivity index (χ0) is 20.1. The number of anilines is 1. The predicted molar refractivity (Wildman–Crippen MR) is 114 cm³/mol. The molecule has 0 atom stereocenters. The number of rotatable bonds is 7. The zero-order valence-electron chi connectivity index (χ0n) is 16.0. The van der Waals surface area contributed by atoms with Crippen molar-refractivity contribution in [1.82, 2.24) is 14.8 Å². The van der Waals surface area contributed by atoms with Crippen LogP contribution < -0.4 is 4.90 Å². The van der Waals surface area contributed by atoms with Gasteiger partial charge in [-0.1, -0.05) is 23.9 Å². The molecule has 6 nitrogen and oxygen atoms in total. The van der Waals surface area contributed by atoms with Gasteiger partial charge in [0, 0.05) is 19.3 Å². The number of thioether (sulfide) groups is 1. The second kappa shape index (κ2) is 9.04. The first-order valence-corrected chi connectivity index (χ1v) is 10.7. The molecule has 8 heteroatoms. The maximum absolute atomic E-state index is 12.9. The summed E-state index contributed by atoms with van der Waals surface area (Å²) < 4.78 is 1.90. The molecule has 0 bridgehead atoms. The van der Waals surface area contributed by atoms with Crippen LogP contribution in [0.3, 0.4) is 0 Å². The van der Waals surface area contributed by atoms with E-state index < -0.39 is 0 Å². The van der Waals surface area contributed by atoms with Crippen molar-refractivity contribution in [3.63, 3.8) is 0 Å². The molecule has 144 valence electrons. The lowest BCUT2D eigenvalue weighted by molar-refractivity contribution is -0.116. The summed E-state index contributed by atoms with van der Waals surface area (Å²) in [7, 11) is 1.90. The predicted octanol–water partition coefficient (Wildman–Crippen LogP) is 4.20. The lowest BCUT2D eigenvalue weighted by Gasteiger charge is -2.22. The summed E-state index contributed by atoms with van der Waals surface area (Å²) in [5, 5.41) is 20.1. The Kier molecular flexibility index (Phi) is 6.49. The Morgan fingerprint density at radius 1 is 1.29 bits per heavy atom. The number of amides is 1. The van der Waals surface area contributed by atoms with Gasteiger partial charge >= 0.3 is 0 Å². The van der Waals surface area contributed by atoms with Gasteiger partial charge in [-0.05, 0) is 48.6 Å². The van der Waals surface area contributed by atoms with Crippen LogP contribution >= 0.6 is 23.1 Å². The van der Waals surface area contributed by atoms with Crippen LogP contribution in [0, 0.1) is 25.2 Å². The average Bonchev–Trinajstić information content (AvgIpc) is 3.33. The van der Waals surface area contributed by atoms with Crippen molar-refractivity contribution in [2.45, 2.75) is 25.4 Å². The number of benzene rings is 1. The fourth-order valence-corrected chi connectivity index (χ4v) is 4.25. The first-order chi connectivity index (χ1) is 13.5. The quantitative estimate of drug-likeness (QED) is 0.545. The second-order valence-corrected chi connectivity index (χ2v) is 8.24. The highest BCUT2D eigenvalue weighted by Crippen LogP contribution is 2.27. The molecule has 1 aromatic carbocycles. The first kappa shape index (κ1) is 20.1. The Morgan fingerprint density at radius 3 is 2.79 bits per heavy atom. The van der Waals surface area contributed by atoms with Gasteiger partial charge in [-0.15, -0.1) is 21.5 Å². The first-order valence-electron chi connectivity index (χ1n) is 8.82. The largest absolute Gasteiger partial charge is 0.311 e. The van der Waals surface area contributed by atoms with Gasteiger partial charge in [0.1, 0.15) is 0 Å². The summed E-state index contributed by atoms with van der Waals surface area (Å²) in [5.41, 5.74) is 3.11. The molecule has 0 aliphatic rings. The van der Waals surface area contributed by atoms with Crippen LogP contribution in [0.4, 0.5) is 5.69 Å². The fourth-order valence-electron chi connectivity index (χ4n) is 2.72. The molecule has 28 heavy (non-hydrogen) atoms. The lowest BCUT2D eigenvalue weighted by Crippen LogP contribution is -2.33. The van der Waals surface area contributed by atoms with E-state index in [1.54, 1.807) is 16.2 Å². The number of carbonyl (C=O) groups excluding carboxylic acids is 1. The van der Waals surface area contributed by atoms with Gasteiger partial charge in [0.15, 0.2) is 11.0 Å². The number of aryl methyl sites for hydroxylation is 2. The molecule has 0 unspecified atom stereocenters. The Balaban J connectivity index is 1.74. The molecule has 3 aromatic rings. The van der Waals surface area contributed by atoms with E-state index in [0.717, 1.165) is 22.0 Å². The van der Waals surface area contributed by atoms with Crippen molar-refractivity contribution in [2.24, 2.45) is 7.05 Å². The third-order valence-corrected chi connectivity index (χ3v) is 6.32. The molecule has 0 radical (unpaired) electrons. The van der Waals surface area contributed by atoms with Crippen LogP contribution in [0.1, 0.15) is 17.5 Å². The highest BCUT2D eigenvalue weighted by Gasteiger charge is 2.19. The minimum absolute atomic E-state index is 0.0517. The molecule has 0 aliphatic heterocycles. The topological polar surface area (TPSA) is 74.8 Å². The van der Waals surface area contributed by atoms with Crippen molar-refractivity contribution in [3.8, 4) is 16.8 Å². The summed E-state index contributed by atoms with van der Waals surface area (Å²) in [4.78, 5) is 15.6. The van der Waals surface area contributed by atoms with E-state index in [0.29, 0.717) is 11.7 Å². The van der Waals surface area contributed by atoms with E-state index in [1.807, 2.05) is 61.2 Å². The number of carbonyl (C=O) groups is 1. The minimum atomic E-state index is -0.0517. The van der Waals surface area contributed by atoms with Crippen molar-refractivity contribution in [1.29, 1.82) is 5.26 Å². The molecular weight excluding hydrogens is 390 g/mol. The summed E-state index contributed by atoms with van der Waals surface area (Å²) in [6.07, 6.45) is 0.288. The Hall–Kier alpha value is -2.63. The SMILES string of the molecule is Cc1ccc(N(CCC#N)C(=O)CSc2nnc(-c3cccs3)n2C)cc1C. The molecule has 1 amide bonds. The number of nitrogens with zero attached hydrogens (tertiary/aromatic N) is 5. The molecule has 0 N–H and O–H groups in total. The van der Waals surface area contributed by atoms with Gasteiger partial charge in [-0.25, -0.2) is 0 Å². The van der Waals surface area contributed by atoms with Gasteiger partial charge in [-0.3, -0.25) is 4.79 Å². The Labute approximate surface area is 172 Å². The maximum atomic E-state index is 12.9. The van der Waals surface area contributed by atoms with E-state index in [4.69, 9.17) is 5.26 Å². The van der Waals surface area contributed by atoms with Crippen LogP contribution in [0.15, 0.2) is 40.9 Å². The van der Waals surface area contributed by atoms with Crippen LogP contribution in [0.25, 0.3) is 10.7 Å². The van der Waals surface area contributed by atoms with Crippen LogP contribution in [0.2, 0.25) is 0 Å². The molecule has 0 saturated carbocycles. The van der Waals surface area contributed by atoms with Gasteiger partial charge in [0.25, 0.3) is 0 Å². The molecule has 3 rings (SSSR count). The van der Waals surface area contributed by atoms with Gasteiger partial charge in [0.05, 0.1) is 23.1 Å². The molecule has 2 heterocycles. The van der Waals surface area contributed by atoms with E-state index in [-0.39, 0.29) is 18.1 Å². The van der Waals surface area contributed by atoms with E-state index >= 15 is 0 Å². The van der Waals surface area contributed by atoms with Gasteiger partial charge in [-0.2, -0.15) is 5.26 Å². The van der Waals surface area contributed by atoms with Crippen molar-refractivity contribution in [3.05, 3.63) is 46.8 Å². The standard InChI is InChI=1S/C20H21N5OS2/c1-14-7-8-16(12-15(14)2)25(10-5-9-21)18(26)13-28-20-23-22-19(24(20)3)17-6-4-11-27-17/h4,6-8,11-12H,5,10,13H2,1-3H3. The molecule has 2 aromatic heterocycles. The third kappa shape index (κ3) is 4.43. The Morgan fingerprint density at radius 2 is 2.11 bits per heavy atom. The van der Waals surface area contributed by atoms with Gasteiger partial charge < -0.3 is 9.47 Å². The Bertz CT molecular complexity index is 1000. The smallest absolute Gasteiger partial charge is 0.237 e. The second-order valence-electron chi connectivity index (χ2n) is 6.35. The number of nitriles is 1. The molecular formula is C20H21N5OS2. The van der Waals surface area contributed by atoms with Crippen molar-refractivity contribution in [2.75, 3.05) is 17.2 Å². The number of aromatic nitrogens is 3. The third-order valence-electron chi connectivity index (χ3n) is 4.45. The average molecular weight is 412 g/mol. The normalized spacial score (nSPS) is 10.6. The van der Waals surface area contributed by atoms with E-state index in [9.17, 15) is 4.79 Å². The van der Waals surface area contributed by atoms with Crippen molar-refractivity contribution < 1.29 is 4.79 Å². The zero-order valence-corrected chi connectivity index (χ0v) is 17.7. The molecule has 0 saturated heterocycles. The number of thiophene rings is 1. The van der Waals surface area contributed by atoms with Crippen LogP contribution in [0.5, 0.6) is 0 Å². The number of hydrogen-bond donors (Lipinski definition) is 0. The monoisotopic (exact) mass is 411 g/mol. The van der Waals surface area contributed by atoms with Crippen molar-refractivity contribution >= 4 is 34.7 Å². The molecule has 0 fully saturated rings. The van der Waals surface area contributed by atoms with Gasteiger partial charge in [0.2, 0.25) is 5.91 Å². The van der Waals surface area contributed by atoms with Crippen LogP contribution in [-0.4, -0.2) is 33.0 Å². The molecule has 0 spiro atoms. The highest BCUT2D eigenvalue weighted by atomic mass is 32.2. The fraction of sp³-hybridized carbons (Fsp3) is 0.300. The van der Waals surface area contributed by atoms with Crippen LogP contribution in [-0.2, 0) is 11.8 Å². The summed E-state index contributed by atoms with van der Waals surface area (Å²) in [6.45, 7) is 4.43. The summed E-state index contributed by atoms with van der Waals surface area (Å²) in [5.74, 6) is 0.971. The highest BCUT2D eigenvalue weighted by molar-refractivity contribution is 7.99. The lowest BCUT2D eigenvalue weighted by atomic mass is 10.1. The molecule has 0 aliphatic carbocycles. The summed E-state index contributed by atoms with van der Waals surface area (Å²) >= 11 is 2.96. The van der Waals surface area contributed by atoms with E-state index in [2.05, 4.69) is 16.3 Å². The van der Waals surface area contributed by atoms with E-state index in [1.165, 1.54) is 17.3 Å². The summed E-state index contributed by atoms with van der Waals surface area (Å²) in [6, 6.07) is 12.0. The minimum Gasteiger partial charge on any atom is -0.311 e. The maximum Gasteiger partial charge on any atom is 0.237 e. The number of hydrogen-bond acceptors (Lipinski definition) is 6.